The van der Waals surface area contributed by atoms with Gasteiger partial charge in [0.2, 0.25) is 5.91 Å². The van der Waals surface area contributed by atoms with Crippen LogP contribution < -0.4 is 5.32 Å². The first-order valence-electron chi connectivity index (χ1n) is 8.14. The number of unbranched alkanes of at least 4 members (excludes halogenated alkanes) is 1. The van der Waals surface area contributed by atoms with Gasteiger partial charge >= 0.3 is 5.97 Å². The van der Waals surface area contributed by atoms with Crippen LogP contribution in [-0.4, -0.2) is 28.5 Å². The predicted octanol–water partition coefficient (Wildman–Crippen LogP) is 3.04. The van der Waals surface area contributed by atoms with Crippen molar-refractivity contribution in [2.45, 2.75) is 38.5 Å². The zero-order chi connectivity index (χ0) is 17.2. The van der Waals surface area contributed by atoms with Gasteiger partial charge < -0.3 is 14.8 Å². The van der Waals surface area contributed by atoms with E-state index in [2.05, 4.69) is 10.3 Å². The molecule has 0 fully saturated rings. The molecule has 0 saturated carbocycles. The van der Waals surface area contributed by atoms with E-state index in [0.29, 0.717) is 44.5 Å². The highest BCUT2D eigenvalue weighted by atomic mass is 16.4. The van der Waals surface area contributed by atoms with Gasteiger partial charge in [0.15, 0.2) is 11.7 Å². The van der Waals surface area contributed by atoms with Gasteiger partial charge in [-0.05, 0) is 19.3 Å². The number of aryl methyl sites for hydroxylation is 1. The Labute approximate surface area is 140 Å². The molecule has 6 heteroatoms. The van der Waals surface area contributed by atoms with E-state index in [0.717, 1.165) is 11.3 Å². The second-order valence-electron chi connectivity index (χ2n) is 5.54. The van der Waals surface area contributed by atoms with Crippen molar-refractivity contribution in [3.63, 3.8) is 0 Å². The van der Waals surface area contributed by atoms with E-state index in [4.69, 9.17) is 9.52 Å². The monoisotopic (exact) mass is 330 g/mol. The molecule has 6 nitrogen and oxygen atoms in total. The number of carboxylic acids is 1. The number of carbonyl (C=O) groups is 2. The van der Waals surface area contributed by atoms with Gasteiger partial charge in [-0.3, -0.25) is 9.59 Å². The Morgan fingerprint density at radius 2 is 1.88 bits per heavy atom. The van der Waals surface area contributed by atoms with E-state index < -0.39 is 5.97 Å². The smallest absolute Gasteiger partial charge is 0.303 e. The van der Waals surface area contributed by atoms with E-state index in [1.54, 1.807) is 6.20 Å². The van der Waals surface area contributed by atoms with Crippen molar-refractivity contribution in [2.75, 3.05) is 6.54 Å². The highest BCUT2D eigenvalue weighted by molar-refractivity contribution is 5.75. The topological polar surface area (TPSA) is 92.4 Å². The number of amides is 1. The quantitative estimate of drug-likeness (QED) is 0.653. The van der Waals surface area contributed by atoms with Crippen molar-refractivity contribution < 1.29 is 19.1 Å². The van der Waals surface area contributed by atoms with Crippen molar-refractivity contribution in [1.82, 2.24) is 10.3 Å². The first-order valence-corrected chi connectivity index (χ1v) is 8.14. The predicted molar refractivity (Wildman–Crippen MR) is 89.4 cm³/mol. The zero-order valence-corrected chi connectivity index (χ0v) is 13.5. The normalized spacial score (nSPS) is 10.5. The molecule has 1 aromatic heterocycles. The van der Waals surface area contributed by atoms with Crippen LogP contribution in [0.1, 0.15) is 38.0 Å². The minimum atomic E-state index is -0.804. The number of aliphatic carboxylic acids is 1. The maximum absolute atomic E-state index is 11.7. The summed E-state index contributed by atoms with van der Waals surface area (Å²) in [6, 6.07) is 9.75. The molecule has 2 aromatic rings. The summed E-state index contributed by atoms with van der Waals surface area (Å²) in [5.74, 6) is 0.527. The Kier molecular flexibility index (Phi) is 7.01. The van der Waals surface area contributed by atoms with Crippen LogP contribution in [0.4, 0.5) is 0 Å². The third-order valence-electron chi connectivity index (χ3n) is 3.55. The lowest BCUT2D eigenvalue weighted by atomic mass is 10.2. The Morgan fingerprint density at radius 1 is 1.08 bits per heavy atom. The van der Waals surface area contributed by atoms with Gasteiger partial charge in [0.1, 0.15) is 0 Å². The molecule has 24 heavy (non-hydrogen) atoms. The van der Waals surface area contributed by atoms with Crippen molar-refractivity contribution in [1.29, 1.82) is 0 Å². The van der Waals surface area contributed by atoms with Crippen molar-refractivity contribution in [2.24, 2.45) is 0 Å². The fourth-order valence-electron chi connectivity index (χ4n) is 2.28. The van der Waals surface area contributed by atoms with Gasteiger partial charge in [0.05, 0.1) is 6.20 Å². The molecule has 1 amide bonds. The Morgan fingerprint density at radius 3 is 2.62 bits per heavy atom. The van der Waals surface area contributed by atoms with Crippen molar-refractivity contribution >= 4 is 11.9 Å². The van der Waals surface area contributed by atoms with Crippen LogP contribution in [0.2, 0.25) is 0 Å². The van der Waals surface area contributed by atoms with Gasteiger partial charge in [-0.15, -0.1) is 0 Å². The molecule has 0 bridgehead atoms. The average molecular weight is 330 g/mol. The Bertz CT molecular complexity index is 652. The third kappa shape index (κ3) is 6.24. The standard InChI is InChI=1S/C18H22N2O4/c21-16(19-12-5-4-11-18(22)23)9-6-10-17-20-13-15(24-17)14-7-2-1-3-8-14/h1-3,7-8,13H,4-6,9-12H2,(H,19,21)(H,22,23). The lowest BCUT2D eigenvalue weighted by Gasteiger charge is -2.03. The van der Waals surface area contributed by atoms with Crippen molar-refractivity contribution in [3.05, 3.63) is 42.4 Å². The van der Waals surface area contributed by atoms with Crippen LogP contribution in [0.5, 0.6) is 0 Å². The van der Waals surface area contributed by atoms with Crippen LogP contribution in [0, 0.1) is 0 Å². The number of rotatable bonds is 10. The molecule has 0 aliphatic carbocycles. The summed E-state index contributed by atoms with van der Waals surface area (Å²) in [5.41, 5.74) is 0.982. The van der Waals surface area contributed by atoms with Gasteiger partial charge in [0.25, 0.3) is 0 Å². The maximum Gasteiger partial charge on any atom is 0.303 e. The summed E-state index contributed by atoms with van der Waals surface area (Å²) < 4.78 is 5.69. The number of carbonyl (C=O) groups excluding carboxylic acids is 1. The number of benzene rings is 1. The van der Waals surface area contributed by atoms with Gasteiger partial charge in [-0.1, -0.05) is 30.3 Å². The molecule has 0 spiro atoms. The van der Waals surface area contributed by atoms with Crippen LogP contribution in [-0.2, 0) is 16.0 Å². The molecule has 0 aliphatic heterocycles. The zero-order valence-electron chi connectivity index (χ0n) is 13.5. The van der Waals surface area contributed by atoms with Gasteiger partial charge in [-0.2, -0.15) is 0 Å². The summed E-state index contributed by atoms with van der Waals surface area (Å²) in [4.78, 5) is 26.3. The Balaban J connectivity index is 1.63. The summed E-state index contributed by atoms with van der Waals surface area (Å²) in [5, 5.41) is 11.3. The number of nitrogens with one attached hydrogen (secondary N) is 1. The largest absolute Gasteiger partial charge is 0.481 e. The highest BCUT2D eigenvalue weighted by Crippen LogP contribution is 2.20. The number of oxazole rings is 1. The summed E-state index contributed by atoms with van der Waals surface area (Å²) in [7, 11) is 0. The first kappa shape index (κ1) is 17.7. The van der Waals surface area contributed by atoms with E-state index in [-0.39, 0.29) is 12.3 Å². The molecule has 0 atom stereocenters. The minimum Gasteiger partial charge on any atom is -0.481 e. The fourth-order valence-corrected chi connectivity index (χ4v) is 2.28. The van der Waals surface area contributed by atoms with Crippen LogP contribution >= 0.6 is 0 Å². The third-order valence-corrected chi connectivity index (χ3v) is 3.55. The molecule has 128 valence electrons. The minimum absolute atomic E-state index is 0.0276. The van der Waals surface area contributed by atoms with Crippen LogP contribution in [0.25, 0.3) is 11.3 Å². The maximum atomic E-state index is 11.7. The van der Waals surface area contributed by atoms with Crippen molar-refractivity contribution in [3.8, 4) is 11.3 Å². The molecule has 1 aromatic carbocycles. The first-order chi connectivity index (χ1) is 11.6. The molecule has 2 rings (SSSR count). The number of carboxylic acid groups (broad SMARTS) is 1. The lowest BCUT2D eigenvalue weighted by molar-refractivity contribution is -0.137. The van der Waals surface area contributed by atoms with Gasteiger partial charge in [0, 0.05) is 31.4 Å². The molecule has 0 radical (unpaired) electrons. The summed E-state index contributed by atoms with van der Waals surface area (Å²) in [6.07, 6.45) is 4.78. The summed E-state index contributed by atoms with van der Waals surface area (Å²) in [6.45, 7) is 0.517. The van der Waals surface area contributed by atoms with E-state index in [9.17, 15) is 9.59 Å². The number of nitrogens with zero attached hydrogens (tertiary/aromatic N) is 1. The average Bonchev–Trinajstić information content (AvgIpc) is 3.04. The van der Waals surface area contributed by atoms with E-state index in [1.807, 2.05) is 30.3 Å². The second-order valence-corrected chi connectivity index (χ2v) is 5.54. The molecule has 0 saturated heterocycles. The molecule has 1 heterocycles. The summed E-state index contributed by atoms with van der Waals surface area (Å²) >= 11 is 0. The lowest BCUT2D eigenvalue weighted by Crippen LogP contribution is -2.24. The van der Waals surface area contributed by atoms with Crippen LogP contribution in [0.3, 0.4) is 0 Å². The molecular weight excluding hydrogens is 308 g/mol. The molecular formula is C18H22N2O4. The molecule has 0 aliphatic rings. The molecule has 2 N–H and O–H groups in total. The van der Waals surface area contributed by atoms with Gasteiger partial charge in [-0.25, -0.2) is 4.98 Å². The number of hydrogen-bond donors (Lipinski definition) is 2. The van der Waals surface area contributed by atoms with E-state index >= 15 is 0 Å². The highest BCUT2D eigenvalue weighted by Gasteiger charge is 2.07. The fraction of sp³-hybridized carbons (Fsp3) is 0.389. The number of aromatic nitrogens is 1. The second kappa shape index (κ2) is 9.50. The Hall–Kier alpha value is -2.63. The van der Waals surface area contributed by atoms with Crippen LogP contribution in [0.15, 0.2) is 40.9 Å². The SMILES string of the molecule is O=C(O)CCCCNC(=O)CCCc1ncc(-c2ccccc2)o1. The van der Waals surface area contributed by atoms with E-state index in [1.165, 1.54) is 0 Å². The number of hydrogen-bond acceptors (Lipinski definition) is 4. The molecule has 0 unspecified atom stereocenters.